The summed E-state index contributed by atoms with van der Waals surface area (Å²) in [5.41, 5.74) is 2.10. The van der Waals surface area contributed by atoms with Gasteiger partial charge in [-0.15, -0.1) is 0 Å². The molecule has 5 heteroatoms. The average molecular weight is 383 g/mol. The van der Waals surface area contributed by atoms with Gasteiger partial charge in [-0.25, -0.2) is 0 Å². The Morgan fingerprint density at radius 1 is 1.04 bits per heavy atom. The van der Waals surface area contributed by atoms with Crippen LogP contribution < -0.4 is 10.6 Å². The average Bonchev–Trinajstić information content (AvgIpc) is 2.62. The number of nitrogens with zero attached hydrogens (tertiary/aromatic N) is 1. The minimum absolute atomic E-state index is 0.173. The first kappa shape index (κ1) is 20.9. The minimum atomic E-state index is -3.34. The van der Waals surface area contributed by atoms with Crippen LogP contribution in [0, 0.1) is 31.1 Å². The van der Waals surface area contributed by atoms with Crippen molar-refractivity contribution in [3.63, 3.8) is 0 Å². The lowest BCUT2D eigenvalue weighted by molar-refractivity contribution is -0.146. The summed E-state index contributed by atoms with van der Waals surface area (Å²) in [6, 6.07) is 17.0. The number of esters is 1. The van der Waals surface area contributed by atoms with E-state index < -0.39 is 24.2 Å². The van der Waals surface area contributed by atoms with Crippen molar-refractivity contribution >= 4 is 23.7 Å². The number of aryl methyl sites for hydroxylation is 2. The number of carbonyl (C=O) groups is 1. The van der Waals surface area contributed by atoms with Gasteiger partial charge < -0.3 is 9.30 Å². The van der Waals surface area contributed by atoms with Crippen molar-refractivity contribution in [3.05, 3.63) is 59.7 Å². The smallest absolute Gasteiger partial charge is 0.324 e. The fourth-order valence-corrected chi connectivity index (χ4v) is 6.52. The molecule has 0 bridgehead atoms. The summed E-state index contributed by atoms with van der Waals surface area (Å²) in [6.45, 7) is 9.23. The highest BCUT2D eigenvalue weighted by atomic mass is 31.2. The topological polar surface area (TPSA) is 67.2 Å². The van der Waals surface area contributed by atoms with Crippen LogP contribution in [0.2, 0.25) is 0 Å². The van der Waals surface area contributed by atoms with E-state index in [1.165, 1.54) is 0 Å². The van der Waals surface area contributed by atoms with Crippen LogP contribution in [0.4, 0.5) is 0 Å². The first-order chi connectivity index (χ1) is 12.7. The Bertz CT molecular complexity index is 843. The van der Waals surface area contributed by atoms with Gasteiger partial charge in [0.15, 0.2) is 5.92 Å². The van der Waals surface area contributed by atoms with E-state index in [4.69, 9.17) is 4.74 Å². The predicted octanol–water partition coefficient (Wildman–Crippen LogP) is 4.10. The SMILES string of the molecule is CCOC(=O)C(C#N)C(C)(C)P(=O)(c1ccc(C)cc1)c1ccc(C)cc1. The van der Waals surface area contributed by atoms with Gasteiger partial charge in [0, 0.05) is 10.6 Å². The highest BCUT2D eigenvalue weighted by Crippen LogP contribution is 2.59. The molecule has 2 aromatic rings. The molecule has 27 heavy (non-hydrogen) atoms. The summed E-state index contributed by atoms with van der Waals surface area (Å²) in [5, 5.41) is 9.85. The van der Waals surface area contributed by atoms with Crippen LogP contribution in [0.25, 0.3) is 0 Å². The molecule has 0 aliphatic heterocycles. The zero-order chi connectivity index (χ0) is 20.2. The molecular formula is C22H26NO3P. The Kier molecular flexibility index (Phi) is 6.29. The van der Waals surface area contributed by atoms with Gasteiger partial charge in [0.05, 0.1) is 17.8 Å². The molecule has 0 heterocycles. The van der Waals surface area contributed by atoms with Gasteiger partial charge in [0.1, 0.15) is 7.14 Å². The van der Waals surface area contributed by atoms with E-state index >= 15 is 0 Å². The van der Waals surface area contributed by atoms with Gasteiger partial charge in [0.2, 0.25) is 0 Å². The quantitative estimate of drug-likeness (QED) is 0.556. The van der Waals surface area contributed by atoms with Crippen LogP contribution in [0.15, 0.2) is 48.5 Å². The zero-order valence-electron chi connectivity index (χ0n) is 16.5. The molecule has 0 aromatic heterocycles. The largest absolute Gasteiger partial charge is 0.465 e. The molecule has 0 aliphatic carbocycles. The number of hydrogen-bond donors (Lipinski definition) is 0. The Labute approximate surface area is 161 Å². The number of benzene rings is 2. The van der Waals surface area contributed by atoms with Crippen LogP contribution in [0.3, 0.4) is 0 Å². The standard InChI is InChI=1S/C22H26NO3P/c1-6-26-21(24)20(15-23)22(4,5)27(25,18-11-7-16(2)8-12-18)19-13-9-17(3)10-14-19/h7-14,20H,6H2,1-5H3. The van der Waals surface area contributed by atoms with Crippen molar-refractivity contribution in [1.82, 2.24) is 0 Å². The summed E-state index contributed by atoms with van der Waals surface area (Å²) in [4.78, 5) is 12.5. The molecule has 0 saturated carbocycles. The molecule has 142 valence electrons. The van der Waals surface area contributed by atoms with Crippen LogP contribution in [-0.4, -0.2) is 17.7 Å². The number of hydrogen-bond acceptors (Lipinski definition) is 4. The van der Waals surface area contributed by atoms with Gasteiger partial charge in [-0.3, -0.25) is 4.79 Å². The van der Waals surface area contributed by atoms with Gasteiger partial charge in [-0.1, -0.05) is 73.5 Å². The van der Waals surface area contributed by atoms with E-state index in [1.54, 1.807) is 20.8 Å². The monoisotopic (exact) mass is 383 g/mol. The van der Waals surface area contributed by atoms with Gasteiger partial charge in [-0.05, 0) is 20.8 Å². The molecule has 0 amide bonds. The molecule has 1 unspecified atom stereocenters. The number of ether oxygens (including phenoxy) is 1. The van der Waals surface area contributed by atoms with Gasteiger partial charge in [0.25, 0.3) is 0 Å². The van der Waals surface area contributed by atoms with Crippen LogP contribution in [0.1, 0.15) is 31.9 Å². The zero-order valence-corrected chi connectivity index (χ0v) is 17.4. The molecule has 0 aliphatic rings. The molecule has 0 spiro atoms. The third kappa shape index (κ3) is 3.84. The van der Waals surface area contributed by atoms with E-state index in [1.807, 2.05) is 68.4 Å². The summed E-state index contributed by atoms with van der Waals surface area (Å²) < 4.78 is 19.7. The van der Waals surface area contributed by atoms with Crippen molar-refractivity contribution in [3.8, 4) is 6.07 Å². The first-order valence-electron chi connectivity index (χ1n) is 8.99. The lowest BCUT2D eigenvalue weighted by Gasteiger charge is -2.37. The van der Waals surface area contributed by atoms with Crippen molar-refractivity contribution < 1.29 is 14.1 Å². The predicted molar refractivity (Wildman–Crippen MR) is 109 cm³/mol. The van der Waals surface area contributed by atoms with Crippen molar-refractivity contribution in [2.24, 2.45) is 5.92 Å². The van der Waals surface area contributed by atoms with Crippen molar-refractivity contribution in [2.75, 3.05) is 6.61 Å². The van der Waals surface area contributed by atoms with Crippen molar-refractivity contribution in [2.45, 2.75) is 39.8 Å². The van der Waals surface area contributed by atoms with Gasteiger partial charge >= 0.3 is 5.97 Å². The van der Waals surface area contributed by atoms with Crippen LogP contribution in [0.5, 0.6) is 0 Å². The van der Waals surface area contributed by atoms with Gasteiger partial charge in [-0.2, -0.15) is 5.26 Å². The summed E-state index contributed by atoms with van der Waals surface area (Å²) in [7, 11) is -3.34. The lowest BCUT2D eigenvalue weighted by Crippen LogP contribution is -2.43. The summed E-state index contributed by atoms with van der Waals surface area (Å²) >= 11 is 0. The molecule has 0 fully saturated rings. The van der Waals surface area contributed by atoms with E-state index in [2.05, 4.69) is 0 Å². The highest BCUT2D eigenvalue weighted by Gasteiger charge is 2.52. The van der Waals surface area contributed by atoms with E-state index in [0.717, 1.165) is 11.1 Å². The highest BCUT2D eigenvalue weighted by molar-refractivity contribution is 7.80. The molecule has 0 N–H and O–H groups in total. The fraction of sp³-hybridized carbons (Fsp3) is 0.364. The van der Waals surface area contributed by atoms with Crippen LogP contribution in [-0.2, 0) is 14.1 Å². The first-order valence-corrected chi connectivity index (χ1v) is 10.7. The second kappa shape index (κ2) is 8.11. The molecule has 4 nitrogen and oxygen atoms in total. The molecule has 1 atom stereocenters. The molecule has 2 aromatic carbocycles. The Morgan fingerprint density at radius 3 is 1.78 bits per heavy atom. The van der Waals surface area contributed by atoms with E-state index in [0.29, 0.717) is 10.6 Å². The molecule has 2 rings (SSSR count). The third-order valence-corrected chi connectivity index (χ3v) is 8.90. The number of nitriles is 1. The third-order valence-electron chi connectivity index (χ3n) is 4.96. The molecular weight excluding hydrogens is 357 g/mol. The molecule has 0 saturated heterocycles. The van der Waals surface area contributed by atoms with E-state index in [9.17, 15) is 14.6 Å². The maximum Gasteiger partial charge on any atom is 0.324 e. The van der Waals surface area contributed by atoms with E-state index in [-0.39, 0.29) is 6.61 Å². The maximum atomic E-state index is 14.6. The second-order valence-electron chi connectivity index (χ2n) is 7.25. The summed E-state index contributed by atoms with van der Waals surface area (Å²) in [6.07, 6.45) is 0. The Balaban J connectivity index is 2.73. The van der Waals surface area contributed by atoms with Crippen molar-refractivity contribution in [1.29, 1.82) is 5.26 Å². The molecule has 0 radical (unpaired) electrons. The maximum absolute atomic E-state index is 14.6. The number of carbonyl (C=O) groups excluding carboxylic acids is 1. The Hall–Kier alpha value is -2.37. The fourth-order valence-electron chi connectivity index (χ4n) is 3.23. The Morgan fingerprint density at radius 2 is 1.44 bits per heavy atom. The second-order valence-corrected chi connectivity index (χ2v) is 10.7. The lowest BCUT2D eigenvalue weighted by atomic mass is 9.96. The van der Waals surface area contributed by atoms with Crippen LogP contribution >= 0.6 is 7.14 Å². The normalized spacial score (nSPS) is 12.9. The number of rotatable bonds is 6. The minimum Gasteiger partial charge on any atom is -0.465 e. The summed E-state index contributed by atoms with van der Waals surface area (Å²) in [5.74, 6) is -1.78.